The molecule has 0 fully saturated rings. The molecule has 0 aliphatic heterocycles. The molecule has 0 amide bonds. The van der Waals surface area contributed by atoms with Crippen molar-refractivity contribution in [2.45, 2.75) is 38.6 Å². The van der Waals surface area contributed by atoms with Gasteiger partial charge in [0.25, 0.3) is 0 Å². The number of nitrogens with zero attached hydrogens (tertiary/aromatic N) is 2. The first kappa shape index (κ1) is 16.1. The number of aryl methyl sites for hydroxylation is 2. The molecule has 0 spiro atoms. The van der Waals surface area contributed by atoms with E-state index in [1.54, 1.807) is 4.68 Å². The predicted octanol–water partition coefficient (Wildman–Crippen LogP) is 3.71. The van der Waals surface area contributed by atoms with Crippen LogP contribution in [0.2, 0.25) is 5.15 Å². The minimum atomic E-state index is 0.345. The minimum absolute atomic E-state index is 0.345. The second-order valence-electron chi connectivity index (χ2n) is 5.50. The molecule has 0 radical (unpaired) electrons. The lowest BCUT2D eigenvalue weighted by molar-refractivity contribution is 0.448. The number of hydrogen-bond acceptors (Lipinski definition) is 2. The summed E-state index contributed by atoms with van der Waals surface area (Å²) in [5.41, 5.74) is 3.54. The maximum atomic E-state index is 6.38. The van der Waals surface area contributed by atoms with Crippen molar-refractivity contribution in [2.24, 2.45) is 7.05 Å². The zero-order chi connectivity index (χ0) is 15.4. The molecule has 114 valence electrons. The molecule has 0 aliphatic rings. The van der Waals surface area contributed by atoms with E-state index in [-0.39, 0.29) is 0 Å². The van der Waals surface area contributed by atoms with Gasteiger partial charge in [-0.2, -0.15) is 5.10 Å². The molecule has 1 heterocycles. The van der Waals surface area contributed by atoms with Gasteiger partial charge in [-0.25, -0.2) is 0 Å². The number of halogens is 1. The Morgan fingerprint density at radius 1 is 1.29 bits per heavy atom. The predicted molar refractivity (Wildman–Crippen MR) is 89.0 cm³/mol. The lowest BCUT2D eigenvalue weighted by atomic mass is 9.86. The molecular formula is C17H24ClN3. The summed E-state index contributed by atoms with van der Waals surface area (Å²) in [6.45, 7) is 4.26. The van der Waals surface area contributed by atoms with Crippen molar-refractivity contribution in [1.29, 1.82) is 0 Å². The van der Waals surface area contributed by atoms with E-state index in [9.17, 15) is 0 Å². The van der Waals surface area contributed by atoms with Gasteiger partial charge in [0.2, 0.25) is 0 Å². The Morgan fingerprint density at radius 3 is 2.43 bits per heavy atom. The van der Waals surface area contributed by atoms with Gasteiger partial charge < -0.3 is 5.32 Å². The molecule has 2 unspecified atom stereocenters. The molecule has 1 aromatic heterocycles. The fourth-order valence-corrected chi connectivity index (χ4v) is 3.28. The Labute approximate surface area is 132 Å². The second-order valence-corrected chi connectivity index (χ2v) is 5.86. The van der Waals surface area contributed by atoms with Gasteiger partial charge in [0, 0.05) is 18.7 Å². The van der Waals surface area contributed by atoms with Crippen LogP contribution < -0.4 is 5.32 Å². The Bertz CT molecular complexity index is 577. The quantitative estimate of drug-likeness (QED) is 0.882. The van der Waals surface area contributed by atoms with E-state index in [0.29, 0.717) is 12.0 Å². The van der Waals surface area contributed by atoms with Crippen LogP contribution in [0.4, 0.5) is 0 Å². The van der Waals surface area contributed by atoms with Gasteiger partial charge >= 0.3 is 0 Å². The third-order valence-corrected chi connectivity index (χ3v) is 4.69. The molecular weight excluding hydrogens is 282 g/mol. The Hall–Kier alpha value is -1.32. The zero-order valence-electron chi connectivity index (χ0n) is 13.2. The molecule has 2 atom stereocenters. The lowest BCUT2D eigenvalue weighted by Crippen LogP contribution is -2.34. The van der Waals surface area contributed by atoms with Crippen molar-refractivity contribution in [3.05, 3.63) is 52.3 Å². The number of aromatic nitrogens is 2. The monoisotopic (exact) mass is 305 g/mol. The highest BCUT2D eigenvalue weighted by molar-refractivity contribution is 6.30. The van der Waals surface area contributed by atoms with Crippen molar-refractivity contribution in [2.75, 3.05) is 7.05 Å². The normalized spacial score (nSPS) is 14.1. The van der Waals surface area contributed by atoms with Gasteiger partial charge in [0.05, 0.1) is 5.69 Å². The zero-order valence-corrected chi connectivity index (χ0v) is 14.0. The van der Waals surface area contributed by atoms with Crippen LogP contribution in [0, 0.1) is 6.92 Å². The summed E-state index contributed by atoms with van der Waals surface area (Å²) in [6, 6.07) is 11.0. The molecule has 0 aliphatic carbocycles. The van der Waals surface area contributed by atoms with E-state index in [1.807, 2.05) is 21.0 Å². The highest BCUT2D eigenvalue weighted by Gasteiger charge is 2.23. The molecule has 4 heteroatoms. The summed E-state index contributed by atoms with van der Waals surface area (Å²) < 4.78 is 1.75. The molecule has 0 bridgehead atoms. The van der Waals surface area contributed by atoms with Crippen LogP contribution in [0.5, 0.6) is 0 Å². The smallest absolute Gasteiger partial charge is 0.130 e. The van der Waals surface area contributed by atoms with Gasteiger partial charge in [-0.15, -0.1) is 0 Å². The van der Waals surface area contributed by atoms with Gasteiger partial charge in [-0.05, 0) is 38.3 Å². The largest absolute Gasteiger partial charge is 0.316 e. The van der Waals surface area contributed by atoms with Gasteiger partial charge in [-0.3, -0.25) is 4.68 Å². The van der Waals surface area contributed by atoms with Crippen LogP contribution >= 0.6 is 11.6 Å². The van der Waals surface area contributed by atoms with Crippen molar-refractivity contribution in [1.82, 2.24) is 15.1 Å². The van der Waals surface area contributed by atoms with E-state index >= 15 is 0 Å². The van der Waals surface area contributed by atoms with Crippen molar-refractivity contribution in [3.63, 3.8) is 0 Å². The van der Waals surface area contributed by atoms with Crippen molar-refractivity contribution in [3.8, 4) is 0 Å². The Kier molecular flexibility index (Phi) is 5.43. The first-order chi connectivity index (χ1) is 10.1. The molecule has 0 saturated heterocycles. The molecule has 2 aromatic rings. The van der Waals surface area contributed by atoms with E-state index in [1.165, 1.54) is 5.56 Å². The van der Waals surface area contributed by atoms with Crippen LogP contribution in [0.1, 0.15) is 36.1 Å². The van der Waals surface area contributed by atoms with E-state index in [2.05, 4.69) is 47.7 Å². The third-order valence-electron chi connectivity index (χ3n) is 4.22. The number of hydrogen-bond donors (Lipinski definition) is 1. The second kappa shape index (κ2) is 7.10. The maximum absolute atomic E-state index is 6.38. The van der Waals surface area contributed by atoms with E-state index in [0.717, 1.165) is 29.3 Å². The van der Waals surface area contributed by atoms with Crippen LogP contribution in [-0.4, -0.2) is 22.9 Å². The van der Waals surface area contributed by atoms with Crippen LogP contribution in [0.3, 0.4) is 0 Å². The summed E-state index contributed by atoms with van der Waals surface area (Å²) in [4.78, 5) is 0. The SMILES string of the molecule is CCC(c1ccccc1)C(Cc1c(C)nn(C)c1Cl)NC. The third kappa shape index (κ3) is 3.47. The molecule has 2 rings (SSSR count). The average Bonchev–Trinajstić information content (AvgIpc) is 2.74. The standard InChI is InChI=1S/C17H24ClN3/c1-5-14(13-9-7-6-8-10-13)16(19-3)11-15-12(2)20-21(4)17(15)18/h6-10,14,16,19H,5,11H2,1-4H3. The highest BCUT2D eigenvalue weighted by atomic mass is 35.5. The minimum Gasteiger partial charge on any atom is -0.316 e. The summed E-state index contributed by atoms with van der Waals surface area (Å²) in [5.74, 6) is 0.465. The van der Waals surface area contributed by atoms with Crippen molar-refractivity contribution < 1.29 is 0 Å². The van der Waals surface area contributed by atoms with Crippen molar-refractivity contribution >= 4 is 11.6 Å². The van der Waals surface area contributed by atoms with Crippen LogP contribution in [-0.2, 0) is 13.5 Å². The van der Waals surface area contributed by atoms with Gasteiger partial charge in [0.1, 0.15) is 5.15 Å². The molecule has 1 N–H and O–H groups in total. The highest BCUT2D eigenvalue weighted by Crippen LogP contribution is 2.28. The topological polar surface area (TPSA) is 29.9 Å². The molecule has 3 nitrogen and oxygen atoms in total. The first-order valence-electron chi connectivity index (χ1n) is 7.48. The fourth-order valence-electron chi connectivity index (χ4n) is 3.02. The summed E-state index contributed by atoms with van der Waals surface area (Å²) in [5, 5.41) is 8.63. The van der Waals surface area contributed by atoms with Gasteiger partial charge in [0.15, 0.2) is 0 Å². The number of benzene rings is 1. The molecule has 0 saturated carbocycles. The summed E-state index contributed by atoms with van der Waals surface area (Å²) in [6.07, 6.45) is 1.98. The number of rotatable bonds is 6. The lowest BCUT2D eigenvalue weighted by Gasteiger charge is -2.26. The van der Waals surface area contributed by atoms with E-state index in [4.69, 9.17) is 11.6 Å². The summed E-state index contributed by atoms with van der Waals surface area (Å²) >= 11 is 6.38. The number of likely N-dealkylation sites (N-methyl/N-ethyl adjacent to an activating group) is 1. The molecule has 21 heavy (non-hydrogen) atoms. The Balaban J connectivity index is 2.26. The maximum Gasteiger partial charge on any atom is 0.130 e. The summed E-state index contributed by atoms with van der Waals surface area (Å²) in [7, 11) is 3.91. The van der Waals surface area contributed by atoms with Gasteiger partial charge in [-0.1, -0.05) is 48.9 Å². The number of nitrogens with one attached hydrogen (secondary N) is 1. The fraction of sp³-hybridized carbons (Fsp3) is 0.471. The van der Waals surface area contributed by atoms with E-state index < -0.39 is 0 Å². The van der Waals surface area contributed by atoms with Crippen LogP contribution in [0.25, 0.3) is 0 Å². The first-order valence-corrected chi connectivity index (χ1v) is 7.86. The van der Waals surface area contributed by atoms with Crippen LogP contribution in [0.15, 0.2) is 30.3 Å². The molecule has 1 aromatic carbocycles. The average molecular weight is 306 g/mol. The Morgan fingerprint density at radius 2 is 1.95 bits per heavy atom.